The van der Waals surface area contributed by atoms with Crippen LogP contribution < -0.4 is 10.6 Å². The summed E-state index contributed by atoms with van der Waals surface area (Å²) in [6.45, 7) is 2.84. The summed E-state index contributed by atoms with van der Waals surface area (Å²) >= 11 is 0. The summed E-state index contributed by atoms with van der Waals surface area (Å²) in [4.78, 5) is 35.8. The zero-order chi connectivity index (χ0) is 19.7. The fourth-order valence-corrected chi connectivity index (χ4v) is 2.37. The third-order valence-corrected chi connectivity index (χ3v) is 3.69. The van der Waals surface area contributed by atoms with Crippen LogP contribution in [0.1, 0.15) is 25.8 Å². The monoisotopic (exact) mass is 363 g/mol. The molecule has 0 bridgehead atoms. The molecule has 26 heavy (non-hydrogen) atoms. The van der Waals surface area contributed by atoms with Gasteiger partial charge in [-0.2, -0.15) is 5.26 Å². The number of nitrogens with zero attached hydrogens (tertiary/aromatic N) is 1. The van der Waals surface area contributed by atoms with Gasteiger partial charge in [0.2, 0.25) is 11.8 Å². The fraction of sp³-hybridized carbons (Fsp3) is 0.444. The van der Waals surface area contributed by atoms with Crippen molar-refractivity contribution in [2.24, 2.45) is 5.92 Å². The fourth-order valence-electron chi connectivity index (χ4n) is 2.37. The van der Waals surface area contributed by atoms with Gasteiger partial charge in [0.05, 0.1) is 13.2 Å². The van der Waals surface area contributed by atoms with Gasteiger partial charge in [-0.15, -0.1) is 0 Å². The van der Waals surface area contributed by atoms with Crippen LogP contribution in [0.3, 0.4) is 0 Å². The van der Waals surface area contributed by atoms with E-state index in [0.717, 1.165) is 0 Å². The van der Waals surface area contributed by atoms with E-state index in [1.807, 2.05) is 6.07 Å². The first kappa shape index (κ1) is 21.1. The van der Waals surface area contributed by atoms with E-state index in [2.05, 4.69) is 15.4 Å². The predicted molar refractivity (Wildman–Crippen MR) is 91.0 cm³/mol. The van der Waals surface area contributed by atoms with Crippen LogP contribution >= 0.6 is 0 Å². The van der Waals surface area contributed by atoms with Crippen molar-refractivity contribution in [2.75, 3.05) is 7.11 Å². The number of rotatable bonds is 8. The molecule has 1 rings (SSSR count). The Hall–Kier alpha value is -2.95. The van der Waals surface area contributed by atoms with Crippen LogP contribution in [0, 0.1) is 23.1 Å². The van der Waals surface area contributed by atoms with Crippen LogP contribution in [-0.2, 0) is 25.5 Å². The number of hydrogen-bond donors (Lipinski definition) is 2. The van der Waals surface area contributed by atoms with Crippen molar-refractivity contribution in [3.63, 3.8) is 0 Å². The number of methoxy groups -OCH3 is 1. The summed E-state index contributed by atoms with van der Waals surface area (Å²) in [5.74, 6) is -2.83. The summed E-state index contributed by atoms with van der Waals surface area (Å²) in [7, 11) is 1.17. The number of nitrogens with one attached hydrogen (secondary N) is 2. The van der Waals surface area contributed by atoms with Gasteiger partial charge in [0.25, 0.3) is 0 Å². The van der Waals surface area contributed by atoms with Crippen LogP contribution in [0.2, 0.25) is 0 Å². The Labute approximate surface area is 151 Å². The molecule has 0 spiro atoms. The number of nitriles is 1. The zero-order valence-electron chi connectivity index (χ0n) is 14.9. The number of ether oxygens (including phenoxy) is 1. The first-order valence-electron chi connectivity index (χ1n) is 8.06. The van der Waals surface area contributed by atoms with Crippen molar-refractivity contribution < 1.29 is 23.5 Å². The molecule has 3 atom stereocenters. The Morgan fingerprint density at radius 3 is 2.42 bits per heavy atom. The van der Waals surface area contributed by atoms with Crippen LogP contribution in [0.25, 0.3) is 0 Å². The highest BCUT2D eigenvalue weighted by Crippen LogP contribution is 2.11. The molecule has 0 unspecified atom stereocenters. The number of amides is 2. The van der Waals surface area contributed by atoms with Crippen LogP contribution in [-0.4, -0.2) is 37.0 Å². The number of carbonyl (C=O) groups excluding carboxylic acids is 3. The van der Waals surface area contributed by atoms with E-state index >= 15 is 0 Å². The Bertz CT molecular complexity index is 702. The maximum absolute atomic E-state index is 13.9. The average molecular weight is 363 g/mol. The first-order valence-corrected chi connectivity index (χ1v) is 8.06. The van der Waals surface area contributed by atoms with E-state index in [4.69, 9.17) is 5.26 Å². The second-order valence-corrected chi connectivity index (χ2v) is 5.90. The molecule has 0 aliphatic carbocycles. The van der Waals surface area contributed by atoms with Gasteiger partial charge in [-0.1, -0.05) is 18.2 Å². The molecule has 0 heterocycles. The highest BCUT2D eigenvalue weighted by atomic mass is 19.1. The van der Waals surface area contributed by atoms with Gasteiger partial charge in [-0.05, 0) is 25.0 Å². The molecule has 7 nitrogen and oxygen atoms in total. The SMILES string of the molecule is COC(=O)[C@@H](C[C@@H](C)C#N)NC(=O)[C@@H](Cc1ccccc1F)NC(C)=O. The Morgan fingerprint density at radius 2 is 1.88 bits per heavy atom. The molecule has 0 radical (unpaired) electrons. The van der Waals surface area contributed by atoms with E-state index in [1.165, 1.54) is 32.2 Å². The Balaban J connectivity index is 2.96. The van der Waals surface area contributed by atoms with Crippen LogP contribution in [0.15, 0.2) is 24.3 Å². The van der Waals surface area contributed by atoms with E-state index < -0.39 is 41.6 Å². The second kappa shape index (κ2) is 10.1. The van der Waals surface area contributed by atoms with Crippen molar-refractivity contribution >= 4 is 17.8 Å². The average Bonchev–Trinajstić information content (AvgIpc) is 2.60. The molecule has 140 valence electrons. The highest BCUT2D eigenvalue weighted by molar-refractivity contribution is 5.90. The lowest BCUT2D eigenvalue weighted by Crippen LogP contribution is -2.52. The largest absolute Gasteiger partial charge is 0.467 e. The quantitative estimate of drug-likeness (QED) is 0.672. The van der Waals surface area contributed by atoms with E-state index in [-0.39, 0.29) is 18.4 Å². The molecule has 0 saturated carbocycles. The molecule has 0 aliphatic heterocycles. The maximum Gasteiger partial charge on any atom is 0.328 e. The second-order valence-electron chi connectivity index (χ2n) is 5.90. The number of esters is 1. The third kappa shape index (κ3) is 6.51. The standard InChI is InChI=1S/C18H22FN3O4/c1-11(10-20)8-16(18(25)26-3)22-17(24)15(21-12(2)23)9-13-6-4-5-7-14(13)19/h4-7,11,15-16H,8-9H2,1-3H3,(H,21,23)(H,22,24)/t11-,15-,16-/m1/s1. The van der Waals surface area contributed by atoms with Crippen LogP contribution in [0.4, 0.5) is 4.39 Å². The number of halogens is 1. The van der Waals surface area contributed by atoms with E-state index in [1.54, 1.807) is 13.0 Å². The lowest BCUT2D eigenvalue weighted by atomic mass is 10.0. The minimum Gasteiger partial charge on any atom is -0.467 e. The van der Waals surface area contributed by atoms with E-state index in [0.29, 0.717) is 0 Å². The maximum atomic E-state index is 13.9. The van der Waals surface area contributed by atoms with Crippen LogP contribution in [0.5, 0.6) is 0 Å². The summed E-state index contributed by atoms with van der Waals surface area (Å²) < 4.78 is 18.5. The van der Waals surface area contributed by atoms with Crippen molar-refractivity contribution in [1.82, 2.24) is 10.6 Å². The van der Waals surface area contributed by atoms with Gasteiger partial charge < -0.3 is 15.4 Å². The number of carbonyl (C=O) groups is 3. The first-order chi connectivity index (χ1) is 12.3. The van der Waals surface area contributed by atoms with Crippen molar-refractivity contribution in [1.29, 1.82) is 5.26 Å². The summed E-state index contributed by atoms with van der Waals surface area (Å²) in [6, 6.07) is 5.76. The van der Waals surface area contributed by atoms with Crippen molar-refractivity contribution in [2.45, 2.75) is 38.8 Å². The molecule has 0 fully saturated rings. The molecule has 2 amide bonds. The Kier molecular flexibility index (Phi) is 8.22. The lowest BCUT2D eigenvalue weighted by molar-refractivity contribution is -0.145. The molecule has 8 heteroatoms. The van der Waals surface area contributed by atoms with Crippen molar-refractivity contribution in [3.8, 4) is 6.07 Å². The lowest BCUT2D eigenvalue weighted by Gasteiger charge is -2.22. The normalized spacial score (nSPS) is 13.7. The molecule has 0 aromatic heterocycles. The van der Waals surface area contributed by atoms with Gasteiger partial charge in [0.1, 0.15) is 17.9 Å². The molecular formula is C18H22FN3O4. The van der Waals surface area contributed by atoms with E-state index in [9.17, 15) is 18.8 Å². The molecule has 0 aliphatic rings. The molecule has 1 aromatic rings. The highest BCUT2D eigenvalue weighted by Gasteiger charge is 2.28. The molecule has 2 N–H and O–H groups in total. The number of hydrogen-bond acceptors (Lipinski definition) is 5. The third-order valence-electron chi connectivity index (χ3n) is 3.69. The molecule has 0 saturated heterocycles. The minimum atomic E-state index is -1.08. The van der Waals surface area contributed by atoms with Gasteiger partial charge in [-0.3, -0.25) is 9.59 Å². The van der Waals surface area contributed by atoms with Gasteiger partial charge >= 0.3 is 5.97 Å². The number of benzene rings is 1. The van der Waals surface area contributed by atoms with Gasteiger partial charge in [0, 0.05) is 19.3 Å². The summed E-state index contributed by atoms with van der Waals surface area (Å²) in [5, 5.41) is 13.8. The van der Waals surface area contributed by atoms with Gasteiger partial charge in [-0.25, -0.2) is 9.18 Å². The van der Waals surface area contributed by atoms with Gasteiger partial charge in [0.15, 0.2) is 0 Å². The molecule has 1 aromatic carbocycles. The zero-order valence-corrected chi connectivity index (χ0v) is 14.9. The topological polar surface area (TPSA) is 108 Å². The minimum absolute atomic E-state index is 0.0569. The molecular weight excluding hydrogens is 341 g/mol. The van der Waals surface area contributed by atoms with Crippen molar-refractivity contribution in [3.05, 3.63) is 35.6 Å². The summed E-state index contributed by atoms with van der Waals surface area (Å²) in [5.41, 5.74) is 0.251. The smallest absolute Gasteiger partial charge is 0.328 e. The predicted octanol–water partition coefficient (Wildman–Crippen LogP) is 1.08. The Morgan fingerprint density at radius 1 is 1.23 bits per heavy atom. The summed E-state index contributed by atoms with van der Waals surface area (Å²) in [6.07, 6.45) is -0.0266.